The summed E-state index contributed by atoms with van der Waals surface area (Å²) >= 11 is -1.27. The van der Waals surface area contributed by atoms with Gasteiger partial charge in [-0.3, -0.25) is 0 Å². The molecule has 2 heterocycles. The van der Waals surface area contributed by atoms with Crippen molar-refractivity contribution in [2.45, 2.75) is 69.0 Å². The van der Waals surface area contributed by atoms with E-state index in [0.29, 0.717) is 12.6 Å². The van der Waals surface area contributed by atoms with E-state index in [-0.39, 0.29) is 5.54 Å². The second-order valence-electron chi connectivity index (χ2n) is 11.0. The van der Waals surface area contributed by atoms with Gasteiger partial charge in [-0.25, -0.2) is 10.8 Å². The Labute approximate surface area is 222 Å². The largest absolute Gasteiger partial charge is 0.593 e. The molecular formula is C29H36N6OS. The Hall–Kier alpha value is -2.78. The number of nitrogens with two attached hydrogens (primary N) is 2. The third-order valence-electron chi connectivity index (χ3n) is 8.48. The van der Waals surface area contributed by atoms with Crippen LogP contribution >= 0.6 is 0 Å². The molecule has 2 aromatic carbocycles. The van der Waals surface area contributed by atoms with Crippen molar-refractivity contribution in [2.24, 2.45) is 5.84 Å². The minimum Gasteiger partial charge on any atom is -0.593 e. The second-order valence-corrected chi connectivity index (χ2v) is 12.5. The first-order valence-electron chi connectivity index (χ1n) is 13.1. The molecule has 6 rings (SSSR count). The molecule has 1 unspecified atom stereocenters. The summed E-state index contributed by atoms with van der Waals surface area (Å²) in [5.74, 6) is 7.15. The topological polar surface area (TPSA) is 97.7 Å². The number of aromatic nitrogens is 1. The summed E-state index contributed by atoms with van der Waals surface area (Å²) in [6.45, 7) is 5.63. The smallest absolute Gasteiger partial charge is 0.216 e. The molecule has 194 valence electrons. The summed E-state index contributed by atoms with van der Waals surface area (Å²) in [7, 11) is 2.10. The molecule has 2 fully saturated rings. The lowest BCUT2D eigenvalue weighted by molar-refractivity contribution is 0.370. The number of fused-ring (bicyclic) bond motifs is 1. The maximum atomic E-state index is 13.8. The Balaban J connectivity index is 1.26. The van der Waals surface area contributed by atoms with Crippen molar-refractivity contribution in [3.05, 3.63) is 76.5 Å². The molecule has 4 N–H and O–H groups in total. The maximum Gasteiger partial charge on any atom is 0.216 e. The summed E-state index contributed by atoms with van der Waals surface area (Å²) in [6, 6.07) is 15.1. The van der Waals surface area contributed by atoms with Gasteiger partial charge in [0.15, 0.2) is 5.82 Å². The van der Waals surface area contributed by atoms with Gasteiger partial charge in [0.05, 0.1) is 41.4 Å². The maximum absolute atomic E-state index is 13.8. The van der Waals surface area contributed by atoms with Crippen molar-refractivity contribution in [1.29, 1.82) is 0 Å². The minimum absolute atomic E-state index is 0.0223. The van der Waals surface area contributed by atoms with E-state index < -0.39 is 11.4 Å². The molecule has 1 atom stereocenters. The van der Waals surface area contributed by atoms with E-state index in [1.165, 1.54) is 22.3 Å². The van der Waals surface area contributed by atoms with Gasteiger partial charge >= 0.3 is 0 Å². The van der Waals surface area contributed by atoms with E-state index in [1.54, 1.807) is 6.20 Å². The SMILES string of the molecule is Cc1ccc(Cc2ccc(N(N)C3CC3)c(N)c2C)cc1CN1CC2(CC2)N(C)c2ncccc2[S+]1[O-]. The molecule has 0 radical (unpaired) electrons. The van der Waals surface area contributed by atoms with E-state index in [0.717, 1.165) is 66.3 Å². The fraction of sp³-hybridized carbons (Fsp3) is 0.414. The van der Waals surface area contributed by atoms with E-state index in [1.807, 2.05) is 17.1 Å². The van der Waals surface area contributed by atoms with Crippen LogP contribution in [0.5, 0.6) is 0 Å². The highest BCUT2D eigenvalue weighted by Crippen LogP contribution is 2.48. The zero-order valence-electron chi connectivity index (χ0n) is 21.9. The van der Waals surface area contributed by atoms with Gasteiger partial charge in [-0.1, -0.05) is 24.3 Å². The number of pyridine rings is 1. The normalized spacial score (nSPS) is 20.6. The number of hydrazine groups is 1. The Morgan fingerprint density at radius 2 is 1.92 bits per heavy atom. The number of likely N-dealkylation sites (N-methyl/N-ethyl adjacent to an activating group) is 1. The molecule has 2 aliphatic carbocycles. The second kappa shape index (κ2) is 9.20. The standard InChI is InChI=1S/C29H36N6OS/c1-19-6-7-21(15-22-8-11-25(27(30)20(22)2)35(31)24-9-10-24)16-23(19)17-34-18-29(12-13-29)33(3)28-26(37(34)36)5-4-14-32-28/h4-8,11,14,16,24H,9-10,12-13,15,17-18,30-31H2,1-3H3. The molecule has 1 spiro atoms. The van der Waals surface area contributed by atoms with Crippen LogP contribution in [0.1, 0.15) is 53.5 Å². The number of nitrogens with zero attached hydrogens (tertiary/aromatic N) is 4. The molecule has 0 amide bonds. The Kier molecular flexibility index (Phi) is 6.11. The highest BCUT2D eigenvalue weighted by atomic mass is 32.2. The van der Waals surface area contributed by atoms with Crippen LogP contribution in [0.15, 0.2) is 53.6 Å². The van der Waals surface area contributed by atoms with Crippen molar-refractivity contribution in [2.75, 3.05) is 29.2 Å². The summed E-state index contributed by atoms with van der Waals surface area (Å²) < 4.78 is 15.9. The van der Waals surface area contributed by atoms with Crippen LogP contribution in [0.3, 0.4) is 0 Å². The van der Waals surface area contributed by atoms with Crippen molar-refractivity contribution < 1.29 is 4.55 Å². The van der Waals surface area contributed by atoms with Gasteiger partial charge in [0.2, 0.25) is 4.90 Å². The molecule has 3 aliphatic rings. The first kappa shape index (κ1) is 24.6. The fourth-order valence-electron chi connectivity index (χ4n) is 5.52. The average Bonchev–Trinajstić information content (AvgIpc) is 3.82. The van der Waals surface area contributed by atoms with Crippen LogP contribution in [0.25, 0.3) is 0 Å². The molecule has 8 heteroatoms. The zero-order valence-corrected chi connectivity index (χ0v) is 22.7. The van der Waals surface area contributed by atoms with Gasteiger partial charge in [0.1, 0.15) is 0 Å². The van der Waals surface area contributed by atoms with E-state index in [9.17, 15) is 4.55 Å². The molecule has 0 saturated heterocycles. The number of hydrogen-bond acceptors (Lipinski definition) is 7. The first-order chi connectivity index (χ1) is 17.8. The van der Waals surface area contributed by atoms with Crippen LogP contribution in [-0.4, -0.2) is 39.0 Å². The van der Waals surface area contributed by atoms with Crippen LogP contribution in [-0.2, 0) is 24.3 Å². The molecule has 37 heavy (non-hydrogen) atoms. The van der Waals surface area contributed by atoms with Crippen molar-refractivity contribution in [3.8, 4) is 0 Å². The van der Waals surface area contributed by atoms with Crippen molar-refractivity contribution in [1.82, 2.24) is 9.29 Å². The number of nitrogen functional groups attached to an aromatic ring is 1. The summed E-state index contributed by atoms with van der Waals surface area (Å²) in [5, 5.41) is 1.83. The summed E-state index contributed by atoms with van der Waals surface area (Å²) in [6.07, 6.45) is 7.05. The third kappa shape index (κ3) is 4.46. The molecular weight excluding hydrogens is 480 g/mol. The van der Waals surface area contributed by atoms with Crippen LogP contribution in [0.4, 0.5) is 17.2 Å². The Morgan fingerprint density at radius 1 is 1.14 bits per heavy atom. The van der Waals surface area contributed by atoms with Crippen molar-refractivity contribution >= 4 is 28.6 Å². The van der Waals surface area contributed by atoms with Gasteiger partial charge in [0.25, 0.3) is 0 Å². The lowest BCUT2D eigenvalue weighted by Crippen LogP contribution is -2.43. The highest BCUT2D eigenvalue weighted by Gasteiger charge is 2.53. The minimum atomic E-state index is -1.27. The molecule has 1 aliphatic heterocycles. The highest BCUT2D eigenvalue weighted by molar-refractivity contribution is 7.89. The van der Waals surface area contributed by atoms with E-state index in [2.05, 4.69) is 65.4 Å². The third-order valence-corrected chi connectivity index (χ3v) is 9.90. The quantitative estimate of drug-likeness (QED) is 0.219. The number of aryl methyl sites for hydroxylation is 1. The lowest BCUT2D eigenvalue weighted by atomic mass is 9.96. The van der Waals surface area contributed by atoms with Crippen molar-refractivity contribution in [3.63, 3.8) is 0 Å². The number of anilines is 3. The van der Waals surface area contributed by atoms with E-state index >= 15 is 0 Å². The average molecular weight is 517 g/mol. The van der Waals surface area contributed by atoms with Crippen LogP contribution in [0.2, 0.25) is 0 Å². The predicted molar refractivity (Wildman–Crippen MR) is 151 cm³/mol. The van der Waals surface area contributed by atoms with Gasteiger partial charge in [-0.15, -0.1) is 4.31 Å². The number of hydrogen-bond donors (Lipinski definition) is 2. The molecule has 0 bridgehead atoms. The summed E-state index contributed by atoms with van der Waals surface area (Å²) in [4.78, 5) is 7.65. The molecule has 7 nitrogen and oxygen atoms in total. The Morgan fingerprint density at radius 3 is 2.65 bits per heavy atom. The lowest BCUT2D eigenvalue weighted by Gasteiger charge is -2.28. The predicted octanol–water partition coefficient (Wildman–Crippen LogP) is 4.22. The summed E-state index contributed by atoms with van der Waals surface area (Å²) in [5.41, 5.74) is 14.2. The molecule has 2 saturated carbocycles. The molecule has 3 aromatic rings. The number of benzene rings is 2. The van der Waals surface area contributed by atoms with Gasteiger partial charge in [0, 0.05) is 25.4 Å². The monoisotopic (exact) mass is 516 g/mol. The number of rotatable bonds is 6. The van der Waals surface area contributed by atoms with E-state index in [4.69, 9.17) is 11.6 Å². The fourth-order valence-corrected chi connectivity index (χ4v) is 6.95. The van der Waals surface area contributed by atoms with Crippen LogP contribution in [0, 0.1) is 13.8 Å². The van der Waals surface area contributed by atoms with Gasteiger partial charge < -0.3 is 20.2 Å². The van der Waals surface area contributed by atoms with Gasteiger partial charge in [-0.05, 0) is 85.9 Å². The first-order valence-corrected chi connectivity index (χ1v) is 14.2. The zero-order chi connectivity index (χ0) is 25.9. The molecule has 1 aromatic heterocycles. The van der Waals surface area contributed by atoms with Gasteiger partial charge in [-0.2, -0.15) is 0 Å². The van der Waals surface area contributed by atoms with Crippen LogP contribution < -0.4 is 21.5 Å². The Bertz CT molecular complexity index is 1340.